The summed E-state index contributed by atoms with van der Waals surface area (Å²) in [5.41, 5.74) is 7.32. The molecule has 1 heterocycles. The highest BCUT2D eigenvalue weighted by molar-refractivity contribution is 5.52. The van der Waals surface area contributed by atoms with Gasteiger partial charge in [-0.25, -0.2) is 0 Å². The third kappa shape index (κ3) is 1.86. The van der Waals surface area contributed by atoms with Crippen molar-refractivity contribution < 1.29 is 14.6 Å². The molecule has 1 unspecified atom stereocenters. The van der Waals surface area contributed by atoms with E-state index in [9.17, 15) is 5.11 Å². The maximum Gasteiger partial charge on any atom is 0.164 e. The lowest BCUT2D eigenvalue weighted by Gasteiger charge is -2.24. The van der Waals surface area contributed by atoms with E-state index in [-0.39, 0.29) is 6.54 Å². The highest BCUT2D eigenvalue weighted by Crippen LogP contribution is 2.38. The largest absolute Gasteiger partial charge is 0.486 e. The van der Waals surface area contributed by atoms with Gasteiger partial charge in [0.05, 0.1) is 6.10 Å². The van der Waals surface area contributed by atoms with Crippen LogP contribution < -0.4 is 15.2 Å². The quantitative estimate of drug-likeness (QED) is 0.802. The van der Waals surface area contributed by atoms with Crippen LogP contribution in [0.5, 0.6) is 11.5 Å². The monoisotopic (exact) mass is 223 g/mol. The molecule has 4 heteroatoms. The van der Waals surface area contributed by atoms with Crippen molar-refractivity contribution >= 4 is 0 Å². The van der Waals surface area contributed by atoms with Gasteiger partial charge in [-0.3, -0.25) is 0 Å². The number of ether oxygens (including phenoxy) is 2. The van der Waals surface area contributed by atoms with Crippen molar-refractivity contribution in [2.45, 2.75) is 19.4 Å². The molecule has 0 saturated carbocycles. The Morgan fingerprint density at radius 2 is 2.12 bits per heavy atom. The number of hydrogen-bond acceptors (Lipinski definition) is 4. The van der Waals surface area contributed by atoms with Crippen LogP contribution in [0.15, 0.2) is 12.1 Å². The Labute approximate surface area is 95.0 Å². The fraction of sp³-hybridized carbons (Fsp3) is 0.500. The average Bonchev–Trinajstić information content (AvgIpc) is 2.36. The molecule has 3 N–H and O–H groups in total. The van der Waals surface area contributed by atoms with Crippen LogP contribution in [0.4, 0.5) is 0 Å². The molecular formula is C12H17NO3. The minimum Gasteiger partial charge on any atom is -0.486 e. The minimum atomic E-state index is -0.634. The van der Waals surface area contributed by atoms with Crippen LogP contribution in [0.3, 0.4) is 0 Å². The van der Waals surface area contributed by atoms with E-state index in [4.69, 9.17) is 15.2 Å². The second-order valence-electron chi connectivity index (χ2n) is 3.76. The van der Waals surface area contributed by atoms with Crippen molar-refractivity contribution in [3.63, 3.8) is 0 Å². The molecule has 16 heavy (non-hydrogen) atoms. The molecule has 0 fully saturated rings. The van der Waals surface area contributed by atoms with Crippen LogP contribution in [-0.4, -0.2) is 24.9 Å². The molecule has 1 aromatic carbocycles. The first-order valence-electron chi connectivity index (χ1n) is 5.57. The van der Waals surface area contributed by atoms with Crippen LogP contribution in [0, 0.1) is 0 Å². The molecule has 1 aliphatic heterocycles. The van der Waals surface area contributed by atoms with Crippen molar-refractivity contribution in [2.24, 2.45) is 5.73 Å². The summed E-state index contributed by atoms with van der Waals surface area (Å²) in [4.78, 5) is 0. The van der Waals surface area contributed by atoms with Gasteiger partial charge >= 0.3 is 0 Å². The van der Waals surface area contributed by atoms with E-state index in [0.29, 0.717) is 13.2 Å². The predicted octanol–water partition coefficient (Wildman–Crippen LogP) is 1.01. The lowest BCUT2D eigenvalue weighted by atomic mass is 9.98. The molecular weight excluding hydrogens is 206 g/mol. The Balaban J connectivity index is 2.47. The Kier molecular flexibility index (Phi) is 3.31. The second kappa shape index (κ2) is 4.72. The molecule has 0 spiro atoms. The summed E-state index contributed by atoms with van der Waals surface area (Å²) in [6.45, 7) is 3.38. The Bertz CT molecular complexity index is 379. The average molecular weight is 223 g/mol. The fourth-order valence-corrected chi connectivity index (χ4v) is 1.99. The van der Waals surface area contributed by atoms with Crippen LogP contribution >= 0.6 is 0 Å². The van der Waals surface area contributed by atoms with Gasteiger partial charge < -0.3 is 20.3 Å². The van der Waals surface area contributed by atoms with Crippen molar-refractivity contribution in [3.8, 4) is 11.5 Å². The molecule has 0 amide bonds. The maximum absolute atomic E-state index is 9.82. The number of hydrogen-bond donors (Lipinski definition) is 2. The van der Waals surface area contributed by atoms with Crippen molar-refractivity contribution in [3.05, 3.63) is 23.3 Å². The van der Waals surface area contributed by atoms with E-state index >= 15 is 0 Å². The van der Waals surface area contributed by atoms with Crippen LogP contribution in [0.1, 0.15) is 24.2 Å². The number of benzene rings is 1. The highest BCUT2D eigenvalue weighted by Gasteiger charge is 2.20. The minimum absolute atomic E-state index is 0.215. The summed E-state index contributed by atoms with van der Waals surface area (Å²) in [5.74, 6) is 1.52. The predicted molar refractivity (Wildman–Crippen MR) is 60.8 cm³/mol. The van der Waals surface area contributed by atoms with Gasteiger partial charge in [-0.05, 0) is 18.1 Å². The summed E-state index contributed by atoms with van der Waals surface area (Å²) in [5, 5.41) is 9.82. The third-order valence-electron chi connectivity index (χ3n) is 2.78. The molecule has 1 aliphatic rings. The smallest absolute Gasteiger partial charge is 0.164 e. The zero-order valence-electron chi connectivity index (χ0n) is 9.40. The van der Waals surface area contributed by atoms with E-state index in [1.54, 1.807) is 0 Å². The van der Waals surface area contributed by atoms with Crippen LogP contribution in [0.2, 0.25) is 0 Å². The summed E-state index contributed by atoms with van der Waals surface area (Å²) in [7, 11) is 0. The molecule has 88 valence electrons. The molecule has 2 rings (SSSR count). The molecule has 4 nitrogen and oxygen atoms in total. The Hall–Kier alpha value is -1.26. The molecule has 0 aliphatic carbocycles. The van der Waals surface area contributed by atoms with Gasteiger partial charge in [-0.1, -0.05) is 13.0 Å². The summed E-state index contributed by atoms with van der Waals surface area (Å²) in [6.07, 6.45) is 0.157. The van der Waals surface area contributed by atoms with Crippen LogP contribution in [-0.2, 0) is 6.42 Å². The number of rotatable bonds is 3. The molecule has 0 radical (unpaired) electrons. The maximum atomic E-state index is 9.82. The molecule has 0 bridgehead atoms. The summed E-state index contributed by atoms with van der Waals surface area (Å²) in [6, 6.07) is 3.70. The third-order valence-corrected chi connectivity index (χ3v) is 2.78. The first-order valence-corrected chi connectivity index (χ1v) is 5.57. The van der Waals surface area contributed by atoms with Gasteiger partial charge in [0.2, 0.25) is 0 Å². The highest BCUT2D eigenvalue weighted by atomic mass is 16.6. The van der Waals surface area contributed by atoms with E-state index in [0.717, 1.165) is 29.0 Å². The zero-order chi connectivity index (χ0) is 11.5. The SMILES string of the molecule is CCc1c(C(O)CN)ccc2c1OCCO2. The van der Waals surface area contributed by atoms with Gasteiger partial charge in [0.25, 0.3) is 0 Å². The van der Waals surface area contributed by atoms with Gasteiger partial charge in [0.15, 0.2) is 11.5 Å². The van der Waals surface area contributed by atoms with Crippen LogP contribution in [0.25, 0.3) is 0 Å². The first-order chi connectivity index (χ1) is 7.77. The van der Waals surface area contributed by atoms with Gasteiger partial charge in [0, 0.05) is 12.1 Å². The zero-order valence-corrected chi connectivity index (χ0v) is 9.40. The van der Waals surface area contributed by atoms with E-state index in [1.807, 2.05) is 19.1 Å². The van der Waals surface area contributed by atoms with E-state index in [1.165, 1.54) is 0 Å². The Morgan fingerprint density at radius 1 is 1.38 bits per heavy atom. The number of fused-ring (bicyclic) bond motifs is 1. The number of aliphatic hydroxyl groups is 1. The fourth-order valence-electron chi connectivity index (χ4n) is 1.99. The molecule has 0 aromatic heterocycles. The summed E-state index contributed by atoms with van der Waals surface area (Å²) >= 11 is 0. The van der Waals surface area contributed by atoms with Gasteiger partial charge in [0.1, 0.15) is 13.2 Å². The van der Waals surface area contributed by atoms with Crippen molar-refractivity contribution in [2.75, 3.05) is 19.8 Å². The van der Waals surface area contributed by atoms with Crippen molar-refractivity contribution in [1.29, 1.82) is 0 Å². The molecule has 1 atom stereocenters. The van der Waals surface area contributed by atoms with E-state index in [2.05, 4.69) is 0 Å². The lowest BCUT2D eigenvalue weighted by molar-refractivity contribution is 0.164. The standard InChI is InChI=1S/C12H17NO3/c1-2-8-9(10(14)7-13)3-4-11-12(8)16-6-5-15-11/h3-4,10,14H,2,5-7,13H2,1H3. The molecule has 0 saturated heterocycles. The normalized spacial score (nSPS) is 15.9. The lowest BCUT2D eigenvalue weighted by Crippen LogP contribution is -2.19. The van der Waals surface area contributed by atoms with E-state index < -0.39 is 6.10 Å². The van der Waals surface area contributed by atoms with Crippen molar-refractivity contribution in [1.82, 2.24) is 0 Å². The topological polar surface area (TPSA) is 64.7 Å². The number of nitrogens with two attached hydrogens (primary N) is 1. The van der Waals surface area contributed by atoms with Gasteiger partial charge in [-0.15, -0.1) is 0 Å². The second-order valence-corrected chi connectivity index (χ2v) is 3.76. The Morgan fingerprint density at radius 3 is 2.81 bits per heavy atom. The van der Waals surface area contributed by atoms with Gasteiger partial charge in [-0.2, -0.15) is 0 Å². The number of aliphatic hydroxyl groups excluding tert-OH is 1. The molecule has 1 aromatic rings. The summed E-state index contributed by atoms with van der Waals surface area (Å²) < 4.78 is 11.1. The first kappa shape index (κ1) is 11.2.